The molecule has 1 aromatic carbocycles. The van der Waals surface area contributed by atoms with Crippen LogP contribution in [0.1, 0.15) is 58.1 Å². The predicted octanol–water partition coefficient (Wildman–Crippen LogP) is 2.86. The fourth-order valence-corrected chi connectivity index (χ4v) is 3.88. The molecule has 21 heavy (non-hydrogen) atoms. The molecule has 0 spiro atoms. The van der Waals surface area contributed by atoms with Gasteiger partial charge >= 0.3 is 0 Å². The van der Waals surface area contributed by atoms with Crippen molar-refractivity contribution in [3.8, 4) is 0 Å². The molecule has 116 valence electrons. The maximum atomic E-state index is 12.3. The SMILES string of the molecule is Cc1ccc2c(c1)N(C(C)(C)C(=O)NN)C(C)(C)C[C@H]2C. The van der Waals surface area contributed by atoms with Crippen molar-refractivity contribution < 1.29 is 4.79 Å². The van der Waals surface area contributed by atoms with Gasteiger partial charge in [0.05, 0.1) is 0 Å². The third kappa shape index (κ3) is 2.53. The fourth-order valence-electron chi connectivity index (χ4n) is 3.88. The number of carbonyl (C=O) groups excluding carboxylic acids is 1. The minimum Gasteiger partial charge on any atom is -0.352 e. The zero-order valence-corrected chi connectivity index (χ0v) is 13.9. The molecule has 0 bridgehead atoms. The van der Waals surface area contributed by atoms with E-state index in [-0.39, 0.29) is 11.4 Å². The second-order valence-electron chi connectivity index (χ2n) is 7.35. The zero-order chi connectivity index (χ0) is 16.0. The van der Waals surface area contributed by atoms with Gasteiger partial charge in [-0.2, -0.15) is 0 Å². The summed E-state index contributed by atoms with van der Waals surface area (Å²) >= 11 is 0. The minimum absolute atomic E-state index is 0.115. The monoisotopic (exact) mass is 289 g/mol. The average Bonchev–Trinajstić information content (AvgIpc) is 2.35. The van der Waals surface area contributed by atoms with E-state index < -0.39 is 5.54 Å². The summed E-state index contributed by atoms with van der Waals surface area (Å²) < 4.78 is 0. The van der Waals surface area contributed by atoms with Gasteiger partial charge in [-0.1, -0.05) is 19.1 Å². The molecule has 4 nitrogen and oxygen atoms in total. The maximum Gasteiger partial charge on any atom is 0.259 e. The van der Waals surface area contributed by atoms with Crippen LogP contribution in [-0.2, 0) is 4.79 Å². The molecule has 0 saturated carbocycles. The lowest BCUT2D eigenvalue weighted by Gasteiger charge is -2.54. The third-order valence-corrected chi connectivity index (χ3v) is 4.61. The van der Waals surface area contributed by atoms with Crippen LogP contribution in [0.15, 0.2) is 18.2 Å². The summed E-state index contributed by atoms with van der Waals surface area (Å²) in [7, 11) is 0. The van der Waals surface area contributed by atoms with E-state index in [0.717, 1.165) is 12.1 Å². The first-order valence-electron chi connectivity index (χ1n) is 7.53. The number of rotatable bonds is 2. The number of anilines is 1. The van der Waals surface area contributed by atoms with Crippen LogP contribution in [0.2, 0.25) is 0 Å². The number of hydrazine groups is 1. The number of nitrogens with zero attached hydrogens (tertiary/aromatic N) is 1. The van der Waals surface area contributed by atoms with Crippen LogP contribution < -0.4 is 16.2 Å². The molecular weight excluding hydrogens is 262 g/mol. The summed E-state index contributed by atoms with van der Waals surface area (Å²) in [6, 6.07) is 6.51. The largest absolute Gasteiger partial charge is 0.352 e. The van der Waals surface area contributed by atoms with Gasteiger partial charge in [0, 0.05) is 11.2 Å². The van der Waals surface area contributed by atoms with Crippen LogP contribution in [0.25, 0.3) is 0 Å². The van der Waals surface area contributed by atoms with E-state index in [1.54, 1.807) is 0 Å². The Kier molecular flexibility index (Phi) is 3.79. The summed E-state index contributed by atoms with van der Waals surface area (Å²) in [6.07, 6.45) is 1.00. The lowest BCUT2D eigenvalue weighted by molar-refractivity contribution is -0.126. The van der Waals surface area contributed by atoms with Gasteiger partial charge in [-0.15, -0.1) is 0 Å². The normalized spacial score (nSPS) is 20.9. The number of fused-ring (bicyclic) bond motifs is 1. The van der Waals surface area contributed by atoms with Gasteiger partial charge in [-0.05, 0) is 64.2 Å². The number of carbonyl (C=O) groups is 1. The van der Waals surface area contributed by atoms with E-state index in [0.29, 0.717) is 5.92 Å². The third-order valence-electron chi connectivity index (χ3n) is 4.61. The van der Waals surface area contributed by atoms with E-state index in [9.17, 15) is 4.79 Å². The molecule has 4 heteroatoms. The van der Waals surface area contributed by atoms with Crippen LogP contribution >= 0.6 is 0 Å². The average molecular weight is 289 g/mol. The van der Waals surface area contributed by atoms with E-state index in [1.165, 1.54) is 11.1 Å². The highest BCUT2D eigenvalue weighted by Gasteiger charge is 2.46. The Morgan fingerprint density at radius 2 is 2.05 bits per heavy atom. The van der Waals surface area contributed by atoms with Gasteiger partial charge in [0.15, 0.2) is 0 Å². The molecule has 2 rings (SSSR count). The number of amides is 1. The standard InChI is InChI=1S/C17H27N3O/c1-11-7-8-13-12(2)10-16(3,4)20(14(13)9-11)17(5,6)15(21)19-18/h7-9,12H,10,18H2,1-6H3,(H,19,21)/t12-/m1/s1. The Morgan fingerprint density at radius 1 is 1.43 bits per heavy atom. The van der Waals surface area contributed by atoms with Crippen molar-refractivity contribution in [2.24, 2.45) is 5.84 Å². The smallest absolute Gasteiger partial charge is 0.259 e. The molecule has 0 saturated heterocycles. The quantitative estimate of drug-likeness (QED) is 0.500. The highest BCUT2D eigenvalue weighted by Crippen LogP contribution is 2.46. The van der Waals surface area contributed by atoms with E-state index >= 15 is 0 Å². The molecule has 1 amide bonds. The molecule has 0 aromatic heterocycles. The number of benzene rings is 1. The van der Waals surface area contributed by atoms with Gasteiger partial charge in [-0.3, -0.25) is 10.2 Å². The fraction of sp³-hybridized carbons (Fsp3) is 0.588. The van der Waals surface area contributed by atoms with E-state index in [1.807, 2.05) is 13.8 Å². The molecule has 1 heterocycles. The Balaban J connectivity index is 2.65. The summed E-state index contributed by atoms with van der Waals surface area (Å²) in [5, 5.41) is 0. The van der Waals surface area contributed by atoms with Gasteiger partial charge in [0.25, 0.3) is 5.91 Å². The molecule has 0 radical (unpaired) electrons. The van der Waals surface area contributed by atoms with Crippen LogP contribution in [0, 0.1) is 6.92 Å². The molecule has 1 aromatic rings. The van der Waals surface area contributed by atoms with Crippen LogP contribution in [-0.4, -0.2) is 17.0 Å². The molecule has 1 aliphatic heterocycles. The summed E-state index contributed by atoms with van der Waals surface area (Å²) in [6.45, 7) is 12.6. The van der Waals surface area contributed by atoms with Crippen molar-refractivity contribution in [2.75, 3.05) is 4.90 Å². The second-order valence-corrected chi connectivity index (χ2v) is 7.35. The van der Waals surface area contributed by atoms with Gasteiger partial charge in [0.1, 0.15) is 5.54 Å². The van der Waals surface area contributed by atoms with Crippen molar-refractivity contribution >= 4 is 11.6 Å². The summed E-state index contributed by atoms with van der Waals surface area (Å²) in [5.41, 5.74) is 5.14. The lowest BCUT2D eigenvalue weighted by Crippen LogP contribution is -2.65. The molecule has 1 aliphatic rings. The first-order valence-corrected chi connectivity index (χ1v) is 7.53. The molecule has 0 aliphatic carbocycles. The number of hydrogen-bond acceptors (Lipinski definition) is 3. The lowest BCUT2D eigenvalue weighted by atomic mass is 9.76. The van der Waals surface area contributed by atoms with Crippen molar-refractivity contribution in [2.45, 2.75) is 65.0 Å². The Bertz CT molecular complexity index is 563. The second kappa shape index (κ2) is 5.02. The van der Waals surface area contributed by atoms with Gasteiger partial charge < -0.3 is 4.90 Å². The number of nitrogens with one attached hydrogen (secondary N) is 1. The van der Waals surface area contributed by atoms with Crippen molar-refractivity contribution in [1.29, 1.82) is 0 Å². The highest BCUT2D eigenvalue weighted by molar-refractivity contribution is 5.90. The molecule has 3 N–H and O–H groups in total. The molecule has 0 fully saturated rings. The van der Waals surface area contributed by atoms with Crippen LogP contribution in [0.5, 0.6) is 0 Å². The molecule has 1 atom stereocenters. The highest BCUT2D eigenvalue weighted by atomic mass is 16.2. The number of hydrogen-bond donors (Lipinski definition) is 2. The van der Waals surface area contributed by atoms with Crippen molar-refractivity contribution in [1.82, 2.24) is 5.43 Å². The minimum atomic E-state index is -0.707. The van der Waals surface area contributed by atoms with E-state index in [4.69, 9.17) is 5.84 Å². The Labute approximate surface area is 127 Å². The van der Waals surface area contributed by atoms with Crippen molar-refractivity contribution in [3.05, 3.63) is 29.3 Å². The van der Waals surface area contributed by atoms with Crippen molar-refractivity contribution in [3.63, 3.8) is 0 Å². The van der Waals surface area contributed by atoms with Gasteiger partial charge in [-0.25, -0.2) is 5.84 Å². The molecule has 0 unspecified atom stereocenters. The zero-order valence-electron chi connectivity index (χ0n) is 13.9. The molecular formula is C17H27N3O. The topological polar surface area (TPSA) is 58.4 Å². The van der Waals surface area contributed by atoms with Crippen LogP contribution in [0.3, 0.4) is 0 Å². The number of aryl methyl sites for hydroxylation is 1. The number of nitrogens with two attached hydrogens (primary N) is 1. The predicted molar refractivity (Wildman–Crippen MR) is 87.2 cm³/mol. The van der Waals surface area contributed by atoms with E-state index in [2.05, 4.69) is 56.2 Å². The first kappa shape index (κ1) is 15.8. The van der Waals surface area contributed by atoms with Crippen LogP contribution in [0.4, 0.5) is 5.69 Å². The maximum absolute atomic E-state index is 12.3. The Hall–Kier alpha value is -1.55. The van der Waals surface area contributed by atoms with Gasteiger partial charge in [0.2, 0.25) is 0 Å². The first-order chi connectivity index (χ1) is 9.61. The summed E-state index contributed by atoms with van der Waals surface area (Å²) in [4.78, 5) is 14.5. The summed E-state index contributed by atoms with van der Waals surface area (Å²) in [5.74, 6) is 5.71. The Morgan fingerprint density at radius 3 is 2.62 bits per heavy atom.